The van der Waals surface area contributed by atoms with Gasteiger partial charge in [-0.25, -0.2) is 4.39 Å². The Bertz CT molecular complexity index is 820. The number of fused-ring (bicyclic) bond motifs is 2. The number of amides is 1. The maximum Gasteiger partial charge on any atom is 0.252 e. The van der Waals surface area contributed by atoms with Crippen molar-refractivity contribution in [3.63, 3.8) is 0 Å². The third-order valence-electron chi connectivity index (χ3n) is 6.09. The molecule has 1 unspecified atom stereocenters. The third kappa shape index (κ3) is 2.92. The molecule has 0 aliphatic carbocycles. The maximum atomic E-state index is 13.9. The monoisotopic (exact) mass is 352 g/mol. The highest BCUT2D eigenvalue weighted by Gasteiger charge is 2.50. The molecule has 0 aromatic heterocycles. The van der Waals surface area contributed by atoms with E-state index in [4.69, 9.17) is 0 Å². The van der Waals surface area contributed by atoms with Crippen LogP contribution in [-0.4, -0.2) is 17.5 Å². The van der Waals surface area contributed by atoms with Crippen molar-refractivity contribution in [2.75, 3.05) is 0 Å². The van der Waals surface area contributed by atoms with E-state index in [-0.39, 0.29) is 23.3 Å². The fourth-order valence-electron chi connectivity index (χ4n) is 4.80. The van der Waals surface area contributed by atoms with Gasteiger partial charge < -0.3 is 10.6 Å². The number of hydrogen-bond acceptors (Lipinski definition) is 2. The Morgan fingerprint density at radius 1 is 1.15 bits per heavy atom. The lowest BCUT2D eigenvalue weighted by atomic mass is 9.78. The van der Waals surface area contributed by atoms with Crippen molar-refractivity contribution in [2.24, 2.45) is 0 Å². The van der Waals surface area contributed by atoms with Crippen LogP contribution in [0.25, 0.3) is 0 Å². The summed E-state index contributed by atoms with van der Waals surface area (Å²) in [5.41, 5.74) is 3.30. The van der Waals surface area contributed by atoms with Crippen molar-refractivity contribution >= 4 is 5.91 Å². The van der Waals surface area contributed by atoms with Crippen LogP contribution in [0.4, 0.5) is 4.39 Å². The van der Waals surface area contributed by atoms with E-state index >= 15 is 0 Å². The van der Waals surface area contributed by atoms with E-state index in [0.29, 0.717) is 6.04 Å². The molecule has 2 bridgehead atoms. The van der Waals surface area contributed by atoms with Gasteiger partial charge in [0.2, 0.25) is 0 Å². The Balaban J connectivity index is 1.71. The van der Waals surface area contributed by atoms with Gasteiger partial charge in [0.05, 0.1) is 6.04 Å². The zero-order valence-corrected chi connectivity index (χ0v) is 15.3. The first-order chi connectivity index (χ1) is 12.5. The van der Waals surface area contributed by atoms with Crippen LogP contribution in [0.15, 0.2) is 42.5 Å². The molecule has 4 heteroatoms. The Morgan fingerprint density at radius 2 is 1.81 bits per heavy atom. The molecule has 0 saturated carbocycles. The minimum Gasteiger partial charge on any atom is -0.343 e. The van der Waals surface area contributed by atoms with Crippen molar-refractivity contribution in [3.8, 4) is 0 Å². The molecule has 2 N–H and O–H groups in total. The van der Waals surface area contributed by atoms with Gasteiger partial charge in [-0.15, -0.1) is 0 Å². The molecule has 136 valence electrons. The molecule has 0 radical (unpaired) electrons. The highest BCUT2D eigenvalue weighted by Crippen LogP contribution is 2.45. The lowest BCUT2D eigenvalue weighted by Crippen LogP contribution is -2.50. The van der Waals surface area contributed by atoms with E-state index in [2.05, 4.69) is 10.6 Å². The lowest BCUT2D eigenvalue weighted by Gasteiger charge is -2.37. The van der Waals surface area contributed by atoms with Crippen LogP contribution in [0, 0.1) is 19.7 Å². The van der Waals surface area contributed by atoms with Gasteiger partial charge in [-0.05, 0) is 68.4 Å². The average Bonchev–Trinajstić information content (AvgIpc) is 3.21. The van der Waals surface area contributed by atoms with Crippen LogP contribution in [0.2, 0.25) is 0 Å². The van der Waals surface area contributed by atoms with Crippen LogP contribution >= 0.6 is 0 Å². The summed E-state index contributed by atoms with van der Waals surface area (Å²) in [5, 5.41) is 6.96. The fourth-order valence-corrected chi connectivity index (χ4v) is 4.80. The fraction of sp³-hybridized carbons (Fsp3) is 0.409. The summed E-state index contributed by atoms with van der Waals surface area (Å²) in [7, 11) is 0. The van der Waals surface area contributed by atoms with Crippen LogP contribution in [0.5, 0.6) is 0 Å². The summed E-state index contributed by atoms with van der Waals surface area (Å²) in [4.78, 5) is 13.2. The second-order valence-corrected chi connectivity index (χ2v) is 7.80. The quantitative estimate of drug-likeness (QED) is 0.866. The normalized spacial score (nSPS) is 25.3. The van der Waals surface area contributed by atoms with Gasteiger partial charge >= 0.3 is 0 Å². The first-order valence-electron chi connectivity index (χ1n) is 9.39. The van der Waals surface area contributed by atoms with E-state index in [9.17, 15) is 9.18 Å². The molecule has 4 rings (SSSR count). The third-order valence-corrected chi connectivity index (χ3v) is 6.09. The van der Waals surface area contributed by atoms with Crippen molar-refractivity contribution in [2.45, 2.75) is 57.2 Å². The van der Waals surface area contributed by atoms with Gasteiger partial charge in [0.15, 0.2) is 0 Å². The molecule has 26 heavy (non-hydrogen) atoms. The largest absolute Gasteiger partial charge is 0.343 e. The van der Waals surface area contributed by atoms with Gasteiger partial charge in [0.1, 0.15) is 5.82 Å². The number of nitrogens with one attached hydrogen (secondary N) is 2. The Hall–Kier alpha value is -2.20. The van der Waals surface area contributed by atoms with E-state index in [0.717, 1.165) is 47.9 Å². The molecule has 1 amide bonds. The Labute approximate surface area is 154 Å². The van der Waals surface area contributed by atoms with Crippen molar-refractivity contribution in [1.82, 2.24) is 10.6 Å². The molecule has 2 aromatic carbocycles. The molecule has 0 spiro atoms. The predicted molar refractivity (Wildman–Crippen MR) is 101 cm³/mol. The number of hydrogen-bond donors (Lipinski definition) is 2. The zero-order chi connectivity index (χ0) is 18.3. The van der Waals surface area contributed by atoms with E-state index < -0.39 is 0 Å². The van der Waals surface area contributed by atoms with Crippen LogP contribution in [0.1, 0.15) is 58.8 Å². The van der Waals surface area contributed by atoms with E-state index in [1.807, 2.05) is 38.1 Å². The van der Waals surface area contributed by atoms with Crippen molar-refractivity contribution < 1.29 is 9.18 Å². The van der Waals surface area contributed by atoms with Gasteiger partial charge in [0.25, 0.3) is 5.91 Å². The number of aryl methyl sites for hydroxylation is 2. The molecule has 2 aliphatic heterocycles. The summed E-state index contributed by atoms with van der Waals surface area (Å²) in [5.74, 6) is -0.348. The molecule has 2 saturated heterocycles. The van der Waals surface area contributed by atoms with E-state index in [1.165, 1.54) is 6.07 Å². The summed E-state index contributed by atoms with van der Waals surface area (Å²) in [6, 6.07) is 12.8. The highest BCUT2D eigenvalue weighted by molar-refractivity contribution is 5.97. The first-order valence-corrected chi connectivity index (χ1v) is 9.39. The van der Waals surface area contributed by atoms with E-state index in [1.54, 1.807) is 12.1 Å². The number of carbonyl (C=O) groups excluding carboxylic acids is 1. The number of benzene rings is 2. The van der Waals surface area contributed by atoms with Crippen molar-refractivity contribution in [3.05, 3.63) is 70.5 Å². The number of halogens is 1. The predicted octanol–water partition coefficient (Wildman–Crippen LogP) is 4.20. The molecule has 2 heterocycles. The summed E-state index contributed by atoms with van der Waals surface area (Å²) >= 11 is 0. The number of rotatable bonds is 4. The van der Waals surface area contributed by atoms with Crippen LogP contribution < -0.4 is 10.6 Å². The molecular formula is C22H25FN2O. The average molecular weight is 352 g/mol. The smallest absolute Gasteiger partial charge is 0.252 e. The molecular weight excluding hydrogens is 327 g/mol. The minimum atomic E-state index is -0.266. The molecule has 2 aliphatic rings. The standard InChI is InChI=1S/C22H25FN2O/c1-14-5-3-6-15(2)19(14)21(26)24-20(16-7-4-8-17(23)13-16)22-11-9-18(25-22)10-12-22/h3-8,13,18,20,25H,9-12H2,1-2H3,(H,24,26). The lowest BCUT2D eigenvalue weighted by molar-refractivity contribution is 0.0906. The Morgan fingerprint density at radius 3 is 2.38 bits per heavy atom. The van der Waals surface area contributed by atoms with Crippen LogP contribution in [0.3, 0.4) is 0 Å². The first kappa shape index (κ1) is 17.2. The highest BCUT2D eigenvalue weighted by atomic mass is 19.1. The molecule has 2 aromatic rings. The van der Waals surface area contributed by atoms with Crippen molar-refractivity contribution in [1.29, 1.82) is 0 Å². The SMILES string of the molecule is Cc1cccc(C)c1C(=O)NC(c1cccc(F)c1)C12CCC(CC1)N2. The van der Waals surface area contributed by atoms with Gasteiger partial charge in [-0.1, -0.05) is 30.3 Å². The summed E-state index contributed by atoms with van der Waals surface area (Å²) in [6.45, 7) is 3.91. The topological polar surface area (TPSA) is 41.1 Å². The minimum absolute atomic E-state index is 0.0820. The summed E-state index contributed by atoms with van der Waals surface area (Å²) in [6.07, 6.45) is 4.24. The van der Waals surface area contributed by atoms with Crippen LogP contribution in [-0.2, 0) is 0 Å². The molecule has 2 fully saturated rings. The molecule has 1 atom stereocenters. The number of carbonyl (C=O) groups is 1. The van der Waals surface area contributed by atoms with Gasteiger partial charge in [0, 0.05) is 17.1 Å². The summed E-state index contributed by atoms with van der Waals surface area (Å²) < 4.78 is 13.9. The zero-order valence-electron chi connectivity index (χ0n) is 15.3. The maximum absolute atomic E-state index is 13.9. The second kappa shape index (κ2) is 6.51. The molecule has 3 nitrogen and oxygen atoms in total. The van der Waals surface area contributed by atoms with Gasteiger partial charge in [-0.2, -0.15) is 0 Å². The Kier molecular flexibility index (Phi) is 4.31. The second-order valence-electron chi connectivity index (χ2n) is 7.80. The van der Waals surface area contributed by atoms with Gasteiger partial charge in [-0.3, -0.25) is 4.79 Å².